The van der Waals surface area contributed by atoms with Crippen molar-refractivity contribution in [3.63, 3.8) is 0 Å². The number of hydrogen-bond donors (Lipinski definition) is 2. The maximum Gasteiger partial charge on any atom is 0.251 e. The van der Waals surface area contributed by atoms with E-state index in [0.717, 1.165) is 12.0 Å². The van der Waals surface area contributed by atoms with Gasteiger partial charge in [-0.25, -0.2) is 0 Å². The first-order chi connectivity index (χ1) is 15.6. The van der Waals surface area contributed by atoms with Crippen molar-refractivity contribution < 1.29 is 19.1 Å². The second-order valence-corrected chi connectivity index (χ2v) is 7.86. The Balaban J connectivity index is 1.52. The lowest BCUT2D eigenvalue weighted by molar-refractivity contribution is -0.118. The molecule has 0 aliphatic carbocycles. The Morgan fingerprint density at radius 3 is 2.38 bits per heavy atom. The van der Waals surface area contributed by atoms with Crippen molar-refractivity contribution in [1.82, 2.24) is 5.32 Å². The Morgan fingerprint density at radius 1 is 0.906 bits per heavy atom. The predicted octanol–water partition coefficient (Wildman–Crippen LogP) is 4.48. The number of nitrogens with one attached hydrogen (secondary N) is 2. The summed E-state index contributed by atoms with van der Waals surface area (Å²) in [5, 5.41) is 6.27. The molecule has 0 aromatic heterocycles. The smallest absolute Gasteiger partial charge is 0.251 e. The number of anilines is 1. The van der Waals surface area contributed by atoms with Gasteiger partial charge in [0.15, 0.2) is 11.5 Å². The minimum Gasteiger partial charge on any atom is -0.490 e. The van der Waals surface area contributed by atoms with E-state index in [1.807, 2.05) is 30.3 Å². The van der Waals surface area contributed by atoms with Crippen molar-refractivity contribution >= 4 is 29.1 Å². The Labute approximate surface area is 191 Å². The minimum absolute atomic E-state index is 0.328. The Bertz CT molecular complexity index is 1090. The number of carbonyl (C=O) groups is 2. The molecule has 0 fully saturated rings. The van der Waals surface area contributed by atoms with Gasteiger partial charge < -0.3 is 20.1 Å². The average molecular weight is 451 g/mol. The third-order valence-corrected chi connectivity index (χ3v) is 5.28. The van der Waals surface area contributed by atoms with Gasteiger partial charge in [0.2, 0.25) is 5.91 Å². The Morgan fingerprint density at radius 2 is 1.62 bits per heavy atom. The normalized spacial score (nSPS) is 13.5. The van der Waals surface area contributed by atoms with Crippen LogP contribution in [0.25, 0.3) is 0 Å². The van der Waals surface area contributed by atoms with Gasteiger partial charge in [0, 0.05) is 35.2 Å². The van der Waals surface area contributed by atoms with Crippen LogP contribution in [0.1, 0.15) is 22.3 Å². The van der Waals surface area contributed by atoms with Crippen LogP contribution in [0.5, 0.6) is 11.5 Å². The van der Waals surface area contributed by atoms with Crippen LogP contribution in [0, 0.1) is 0 Å². The fraction of sp³-hybridized carbons (Fsp3) is 0.200. The largest absolute Gasteiger partial charge is 0.490 e. The quantitative estimate of drug-likeness (QED) is 0.580. The van der Waals surface area contributed by atoms with Crippen LogP contribution in [0.15, 0.2) is 72.8 Å². The maximum atomic E-state index is 13.2. The number of hydrogen-bond acceptors (Lipinski definition) is 4. The summed E-state index contributed by atoms with van der Waals surface area (Å²) in [6, 6.07) is 20.5. The molecular formula is C25H23ClN2O4. The van der Waals surface area contributed by atoms with Gasteiger partial charge in [-0.1, -0.05) is 41.9 Å². The molecule has 164 valence electrons. The first-order valence-corrected chi connectivity index (χ1v) is 10.8. The van der Waals surface area contributed by atoms with Gasteiger partial charge >= 0.3 is 0 Å². The van der Waals surface area contributed by atoms with Gasteiger partial charge in [0.05, 0.1) is 13.2 Å². The molecule has 1 unspecified atom stereocenters. The van der Waals surface area contributed by atoms with E-state index in [9.17, 15) is 9.59 Å². The Kier molecular flexibility index (Phi) is 6.92. The van der Waals surface area contributed by atoms with Gasteiger partial charge in [-0.3, -0.25) is 9.59 Å². The van der Waals surface area contributed by atoms with Crippen LogP contribution in [0.2, 0.25) is 5.02 Å². The van der Waals surface area contributed by atoms with Crippen LogP contribution < -0.4 is 20.1 Å². The van der Waals surface area contributed by atoms with Crippen molar-refractivity contribution in [2.75, 3.05) is 18.5 Å². The van der Waals surface area contributed by atoms with Crippen molar-refractivity contribution in [3.05, 3.63) is 88.9 Å². The number of rotatable bonds is 6. The third-order valence-electron chi connectivity index (χ3n) is 5.03. The summed E-state index contributed by atoms with van der Waals surface area (Å²) in [6.07, 6.45) is 1.14. The highest BCUT2D eigenvalue weighted by atomic mass is 35.5. The second-order valence-electron chi connectivity index (χ2n) is 7.42. The van der Waals surface area contributed by atoms with Gasteiger partial charge in [-0.2, -0.15) is 0 Å². The van der Waals surface area contributed by atoms with E-state index in [2.05, 4.69) is 10.6 Å². The summed E-state index contributed by atoms with van der Waals surface area (Å²) in [7, 11) is 0. The zero-order valence-electron chi connectivity index (χ0n) is 17.3. The third kappa shape index (κ3) is 5.59. The molecule has 0 spiro atoms. The number of carbonyl (C=O) groups excluding carboxylic acids is 2. The zero-order chi connectivity index (χ0) is 22.3. The molecule has 0 saturated carbocycles. The standard InChI is InChI=1S/C25H23ClN2O4/c26-19-9-7-18(8-10-19)24(29)28-21(15-17-5-2-1-3-6-17)25(30)27-20-11-12-22-23(16-20)32-14-4-13-31-22/h1-3,5-12,16,21H,4,13-15H2,(H,27,30)(H,28,29). The van der Waals surface area contributed by atoms with E-state index in [1.165, 1.54) is 0 Å². The Hall–Kier alpha value is -3.51. The maximum absolute atomic E-state index is 13.2. The van der Waals surface area contributed by atoms with Crippen LogP contribution in [0.3, 0.4) is 0 Å². The van der Waals surface area contributed by atoms with Crippen LogP contribution in [0.4, 0.5) is 5.69 Å². The summed E-state index contributed by atoms with van der Waals surface area (Å²) in [5.41, 5.74) is 1.93. The number of fused-ring (bicyclic) bond motifs is 1. The van der Waals surface area contributed by atoms with E-state index in [0.29, 0.717) is 47.4 Å². The van der Waals surface area contributed by atoms with Crippen molar-refractivity contribution in [2.24, 2.45) is 0 Å². The number of amides is 2. The topological polar surface area (TPSA) is 76.7 Å². The van der Waals surface area contributed by atoms with Crippen LogP contribution in [-0.4, -0.2) is 31.1 Å². The molecule has 1 heterocycles. The molecule has 1 aliphatic heterocycles. The molecule has 32 heavy (non-hydrogen) atoms. The van der Waals surface area contributed by atoms with Crippen molar-refractivity contribution in [3.8, 4) is 11.5 Å². The summed E-state index contributed by atoms with van der Waals surface area (Å²) in [6.45, 7) is 1.15. The SMILES string of the molecule is O=C(NC(Cc1ccccc1)C(=O)Nc1ccc2c(c1)OCCCO2)c1ccc(Cl)cc1. The average Bonchev–Trinajstić information content (AvgIpc) is 3.05. The van der Waals surface area contributed by atoms with Gasteiger partial charge in [0.1, 0.15) is 6.04 Å². The van der Waals surface area contributed by atoms with E-state index >= 15 is 0 Å². The molecule has 0 radical (unpaired) electrons. The summed E-state index contributed by atoms with van der Waals surface area (Å²) in [5.74, 6) is 0.560. The van der Waals surface area contributed by atoms with E-state index < -0.39 is 6.04 Å². The highest BCUT2D eigenvalue weighted by Crippen LogP contribution is 2.32. The molecule has 7 heteroatoms. The monoisotopic (exact) mass is 450 g/mol. The molecule has 0 bridgehead atoms. The van der Waals surface area contributed by atoms with Crippen LogP contribution >= 0.6 is 11.6 Å². The second kappa shape index (κ2) is 10.2. The summed E-state index contributed by atoms with van der Waals surface area (Å²) in [4.78, 5) is 25.9. The molecule has 4 rings (SSSR count). The first-order valence-electron chi connectivity index (χ1n) is 10.4. The predicted molar refractivity (Wildman–Crippen MR) is 124 cm³/mol. The van der Waals surface area contributed by atoms with Crippen molar-refractivity contribution in [1.29, 1.82) is 0 Å². The van der Waals surface area contributed by atoms with Crippen LogP contribution in [-0.2, 0) is 11.2 Å². The zero-order valence-corrected chi connectivity index (χ0v) is 18.1. The number of halogens is 1. The highest BCUT2D eigenvalue weighted by Gasteiger charge is 2.23. The van der Waals surface area contributed by atoms with Crippen molar-refractivity contribution in [2.45, 2.75) is 18.9 Å². The fourth-order valence-electron chi connectivity index (χ4n) is 3.37. The molecule has 2 amide bonds. The fourth-order valence-corrected chi connectivity index (χ4v) is 3.50. The molecule has 6 nitrogen and oxygen atoms in total. The van der Waals surface area contributed by atoms with Gasteiger partial charge in [-0.15, -0.1) is 0 Å². The first kappa shape index (κ1) is 21.7. The molecule has 3 aromatic rings. The lowest BCUT2D eigenvalue weighted by Crippen LogP contribution is -2.45. The van der Waals surface area contributed by atoms with E-state index in [-0.39, 0.29) is 11.8 Å². The summed E-state index contributed by atoms with van der Waals surface area (Å²) < 4.78 is 11.3. The lowest BCUT2D eigenvalue weighted by atomic mass is 10.0. The minimum atomic E-state index is -0.781. The number of benzene rings is 3. The summed E-state index contributed by atoms with van der Waals surface area (Å²) >= 11 is 5.92. The molecule has 0 saturated heterocycles. The molecule has 2 N–H and O–H groups in total. The highest BCUT2D eigenvalue weighted by molar-refractivity contribution is 6.30. The lowest BCUT2D eigenvalue weighted by Gasteiger charge is -2.19. The van der Waals surface area contributed by atoms with E-state index in [1.54, 1.807) is 42.5 Å². The molecule has 1 aliphatic rings. The van der Waals surface area contributed by atoms with Gasteiger partial charge in [0.25, 0.3) is 5.91 Å². The number of ether oxygens (including phenoxy) is 2. The van der Waals surface area contributed by atoms with E-state index in [4.69, 9.17) is 21.1 Å². The molecule has 3 aromatic carbocycles. The molecular weight excluding hydrogens is 428 g/mol. The van der Waals surface area contributed by atoms with Gasteiger partial charge in [-0.05, 0) is 42.0 Å². The molecule has 1 atom stereocenters.